The first-order valence-corrected chi connectivity index (χ1v) is 8.12. The number of nitrogens with one attached hydrogen (secondary N) is 1. The van der Waals surface area contributed by atoms with Gasteiger partial charge >= 0.3 is 0 Å². The Balaban J connectivity index is 3.00. The molecule has 0 aromatic heterocycles. The van der Waals surface area contributed by atoms with Gasteiger partial charge in [0.1, 0.15) is 0 Å². The van der Waals surface area contributed by atoms with E-state index in [1.54, 1.807) is 24.6 Å². The van der Waals surface area contributed by atoms with Gasteiger partial charge in [0.2, 0.25) is 0 Å². The molecule has 0 bridgehead atoms. The predicted molar refractivity (Wildman–Crippen MR) is 78.1 cm³/mol. The second-order valence-corrected chi connectivity index (χ2v) is 6.25. The topological polar surface area (TPSA) is 82.3 Å². The fraction of sp³-hybridized carbons (Fsp3) is 0.167. The first-order valence-electron chi connectivity index (χ1n) is 5.25. The van der Waals surface area contributed by atoms with Crippen LogP contribution in [0, 0.1) is 11.5 Å². The molecule has 0 unspecified atom stereocenters. The molecule has 1 aromatic rings. The van der Waals surface area contributed by atoms with Crippen LogP contribution in [0.25, 0.3) is 0 Å². The number of thioether (sulfide) groups is 1. The van der Waals surface area contributed by atoms with Crippen molar-refractivity contribution < 1.29 is 8.42 Å². The van der Waals surface area contributed by atoms with Crippen molar-refractivity contribution in [1.82, 2.24) is 5.32 Å². The molecule has 0 aliphatic rings. The van der Waals surface area contributed by atoms with E-state index in [2.05, 4.69) is 16.9 Å². The number of nitrogens with zero attached hydrogens (tertiary/aromatic N) is 2. The predicted octanol–water partition coefficient (Wildman–Crippen LogP) is 2.07. The largest absolute Gasteiger partial charge is 0.271 e. The van der Waals surface area contributed by atoms with E-state index < -0.39 is 9.84 Å². The monoisotopic (exact) mass is 295 g/mol. The quantitative estimate of drug-likeness (QED) is 0.302. The molecular formula is C12H13N3O2S2. The number of hydrogen-bond acceptors (Lipinski definition) is 5. The van der Waals surface area contributed by atoms with Gasteiger partial charge in [0, 0.05) is 0 Å². The molecule has 0 atom stereocenters. The molecule has 0 aliphatic heterocycles. The van der Waals surface area contributed by atoms with Crippen LogP contribution in [-0.4, -0.2) is 25.6 Å². The molecule has 0 saturated heterocycles. The lowest BCUT2D eigenvalue weighted by molar-refractivity contribution is 0.599. The summed E-state index contributed by atoms with van der Waals surface area (Å²) < 4.78 is 23.5. The summed E-state index contributed by atoms with van der Waals surface area (Å²) in [5.41, 5.74) is 0.574. The van der Waals surface area contributed by atoms with Crippen LogP contribution in [0.2, 0.25) is 0 Å². The maximum absolute atomic E-state index is 11.8. The standard InChI is InChI=1S/C12H13N3O2S2/c1-3-8-19(16,17)11-6-4-10(5-7-11)15-12(18-2)14-9-13/h3-7H,1,8H2,2H3,(H,14,15). The van der Waals surface area contributed by atoms with Crippen molar-refractivity contribution in [3.8, 4) is 6.19 Å². The third-order valence-corrected chi connectivity index (χ3v) is 4.36. The molecule has 5 nitrogen and oxygen atoms in total. The van der Waals surface area contributed by atoms with Crippen LogP contribution < -0.4 is 5.32 Å². The zero-order valence-corrected chi connectivity index (χ0v) is 12.0. The zero-order chi connectivity index (χ0) is 14.3. The molecule has 19 heavy (non-hydrogen) atoms. The van der Waals surface area contributed by atoms with Crippen molar-refractivity contribution >= 4 is 32.5 Å². The van der Waals surface area contributed by atoms with E-state index in [0.29, 0.717) is 10.9 Å². The molecule has 0 heterocycles. The highest BCUT2D eigenvalue weighted by Crippen LogP contribution is 2.18. The van der Waals surface area contributed by atoms with Gasteiger partial charge in [0.05, 0.1) is 16.3 Å². The SMILES string of the molecule is C=CCS(=O)(=O)c1ccc(N=C(NC#N)SC)cc1. The van der Waals surface area contributed by atoms with Gasteiger partial charge in [0.25, 0.3) is 0 Å². The van der Waals surface area contributed by atoms with Gasteiger partial charge in [-0.1, -0.05) is 17.8 Å². The van der Waals surface area contributed by atoms with Gasteiger partial charge in [-0.25, -0.2) is 13.4 Å². The van der Waals surface area contributed by atoms with E-state index in [-0.39, 0.29) is 10.6 Å². The van der Waals surface area contributed by atoms with Gasteiger partial charge in [-0.2, -0.15) is 5.26 Å². The number of aliphatic imine (C=N–C) groups is 1. The summed E-state index contributed by atoms with van der Waals surface area (Å²) in [6.07, 6.45) is 4.92. The summed E-state index contributed by atoms with van der Waals surface area (Å²) in [4.78, 5) is 4.39. The van der Waals surface area contributed by atoms with Crippen LogP contribution in [-0.2, 0) is 9.84 Å². The van der Waals surface area contributed by atoms with Crippen molar-refractivity contribution in [2.75, 3.05) is 12.0 Å². The molecule has 1 N–H and O–H groups in total. The minimum atomic E-state index is -3.31. The maximum atomic E-state index is 11.8. The van der Waals surface area contributed by atoms with E-state index in [0.717, 1.165) is 0 Å². The van der Waals surface area contributed by atoms with Gasteiger partial charge < -0.3 is 0 Å². The first kappa shape index (κ1) is 15.3. The Morgan fingerprint density at radius 1 is 1.53 bits per heavy atom. The molecule has 0 aliphatic carbocycles. The second-order valence-electron chi connectivity index (χ2n) is 3.42. The highest BCUT2D eigenvalue weighted by molar-refractivity contribution is 8.13. The van der Waals surface area contributed by atoms with E-state index >= 15 is 0 Å². The van der Waals surface area contributed by atoms with E-state index in [9.17, 15) is 8.42 Å². The Bertz CT molecular complexity index is 613. The first-order chi connectivity index (χ1) is 9.03. The van der Waals surface area contributed by atoms with E-state index in [4.69, 9.17) is 5.26 Å². The molecule has 1 rings (SSSR count). The molecule has 0 spiro atoms. The number of hydrogen-bond donors (Lipinski definition) is 1. The van der Waals surface area contributed by atoms with Crippen LogP contribution in [0.5, 0.6) is 0 Å². The third kappa shape index (κ3) is 4.43. The van der Waals surface area contributed by atoms with E-state index in [1.807, 2.05) is 0 Å². The van der Waals surface area contributed by atoms with Gasteiger partial charge in [-0.3, -0.25) is 5.32 Å². The van der Waals surface area contributed by atoms with Crippen molar-refractivity contribution in [2.45, 2.75) is 4.90 Å². The van der Waals surface area contributed by atoms with Crippen LogP contribution in [0.3, 0.4) is 0 Å². The lowest BCUT2D eigenvalue weighted by Gasteiger charge is -2.03. The van der Waals surface area contributed by atoms with Crippen LogP contribution in [0.15, 0.2) is 46.8 Å². The van der Waals surface area contributed by atoms with Crippen molar-refractivity contribution in [1.29, 1.82) is 5.26 Å². The second kappa shape index (κ2) is 6.97. The van der Waals surface area contributed by atoms with Crippen LogP contribution in [0.4, 0.5) is 5.69 Å². The Morgan fingerprint density at radius 3 is 2.63 bits per heavy atom. The minimum absolute atomic E-state index is 0.0956. The maximum Gasteiger partial charge on any atom is 0.183 e. The highest BCUT2D eigenvalue weighted by atomic mass is 32.2. The lowest BCUT2D eigenvalue weighted by atomic mass is 10.3. The molecule has 7 heteroatoms. The van der Waals surface area contributed by atoms with Crippen LogP contribution in [0.1, 0.15) is 0 Å². The van der Waals surface area contributed by atoms with Gasteiger partial charge in [-0.15, -0.1) is 6.58 Å². The van der Waals surface area contributed by atoms with Gasteiger partial charge in [0.15, 0.2) is 21.2 Å². The summed E-state index contributed by atoms with van der Waals surface area (Å²) >= 11 is 1.29. The zero-order valence-electron chi connectivity index (χ0n) is 10.3. The third-order valence-electron chi connectivity index (χ3n) is 2.12. The average molecular weight is 295 g/mol. The smallest absolute Gasteiger partial charge is 0.183 e. The fourth-order valence-corrected chi connectivity index (χ4v) is 2.67. The number of nitriles is 1. The highest BCUT2D eigenvalue weighted by Gasteiger charge is 2.11. The van der Waals surface area contributed by atoms with Gasteiger partial charge in [-0.05, 0) is 30.5 Å². The summed E-state index contributed by atoms with van der Waals surface area (Å²) in [6.45, 7) is 3.42. The summed E-state index contributed by atoms with van der Waals surface area (Å²) in [6, 6.07) is 6.15. The molecule has 100 valence electrons. The van der Waals surface area contributed by atoms with Crippen molar-refractivity contribution in [2.24, 2.45) is 4.99 Å². The number of amidine groups is 1. The van der Waals surface area contributed by atoms with Crippen molar-refractivity contribution in [3.63, 3.8) is 0 Å². The summed E-state index contributed by atoms with van der Waals surface area (Å²) in [5, 5.41) is 11.4. The normalized spacial score (nSPS) is 11.7. The minimum Gasteiger partial charge on any atom is -0.271 e. The molecule has 0 saturated carbocycles. The number of rotatable bonds is 4. The average Bonchev–Trinajstić information content (AvgIpc) is 2.39. The fourth-order valence-electron chi connectivity index (χ4n) is 1.27. The lowest BCUT2D eigenvalue weighted by Crippen LogP contribution is -2.12. The van der Waals surface area contributed by atoms with Crippen LogP contribution >= 0.6 is 11.8 Å². The molecule has 0 radical (unpaired) electrons. The molecular weight excluding hydrogens is 282 g/mol. The molecule has 0 amide bonds. The Hall–Kier alpha value is -1.78. The number of sulfone groups is 1. The summed E-state index contributed by atoms with van der Waals surface area (Å²) in [7, 11) is -3.31. The number of benzene rings is 1. The Labute approximate surface area is 117 Å². The Kier molecular flexibility index (Phi) is 5.60. The van der Waals surface area contributed by atoms with E-state index in [1.165, 1.54) is 30.0 Å². The summed E-state index contributed by atoms with van der Waals surface area (Å²) in [5.74, 6) is -0.0956. The molecule has 0 fully saturated rings. The Morgan fingerprint density at radius 2 is 2.16 bits per heavy atom. The molecule has 1 aromatic carbocycles. The van der Waals surface area contributed by atoms with Crippen molar-refractivity contribution in [3.05, 3.63) is 36.9 Å².